The summed E-state index contributed by atoms with van der Waals surface area (Å²) in [6.07, 6.45) is 0.349. The number of allylic oxidation sites excluding steroid dienone is 2. The van der Waals surface area contributed by atoms with Crippen LogP contribution >= 0.6 is 0 Å². The summed E-state index contributed by atoms with van der Waals surface area (Å²) in [4.78, 5) is 21.4. The van der Waals surface area contributed by atoms with E-state index in [-0.39, 0.29) is 0 Å². The smallest absolute Gasteiger partial charge is 0.221 e. The molecular formula is C12H12O2. The minimum absolute atomic E-state index is 0.349. The second-order valence-electron chi connectivity index (χ2n) is 3.10. The van der Waals surface area contributed by atoms with Gasteiger partial charge in [0, 0.05) is 5.57 Å². The molecule has 0 bridgehead atoms. The van der Waals surface area contributed by atoms with Crippen LogP contribution in [0.15, 0.2) is 35.9 Å². The van der Waals surface area contributed by atoms with Crippen molar-refractivity contribution in [1.29, 1.82) is 0 Å². The van der Waals surface area contributed by atoms with Gasteiger partial charge in [-0.3, -0.25) is 9.59 Å². The zero-order valence-electron chi connectivity index (χ0n) is 8.28. The van der Waals surface area contributed by atoms with E-state index in [9.17, 15) is 9.59 Å². The molecule has 0 amide bonds. The second kappa shape index (κ2) is 4.51. The van der Waals surface area contributed by atoms with E-state index in [2.05, 4.69) is 0 Å². The molecule has 0 aliphatic rings. The summed E-state index contributed by atoms with van der Waals surface area (Å²) in [6, 6.07) is 9.54. The average Bonchev–Trinajstić information content (AvgIpc) is 2.27. The number of aldehydes is 1. The molecule has 72 valence electrons. The third-order valence-electron chi connectivity index (χ3n) is 2.25. The third-order valence-corrected chi connectivity index (χ3v) is 2.25. The van der Waals surface area contributed by atoms with Gasteiger partial charge in [-0.15, -0.1) is 0 Å². The highest BCUT2D eigenvalue weighted by molar-refractivity contribution is 6.34. The molecule has 0 aromatic heterocycles. The fraction of sp³-hybridized carbons (Fsp3) is 0.167. The first-order valence-electron chi connectivity index (χ1n) is 4.39. The molecule has 0 fully saturated rings. The fourth-order valence-electron chi connectivity index (χ4n) is 1.18. The van der Waals surface area contributed by atoms with Crippen molar-refractivity contribution in [3.05, 3.63) is 41.5 Å². The van der Waals surface area contributed by atoms with E-state index in [1.807, 2.05) is 37.3 Å². The molecule has 1 aromatic rings. The Kier molecular flexibility index (Phi) is 3.35. The Labute approximate surface area is 83.3 Å². The molecule has 0 radical (unpaired) electrons. The lowest BCUT2D eigenvalue weighted by Gasteiger charge is -2.03. The lowest BCUT2D eigenvalue weighted by molar-refractivity contribution is -0.127. The van der Waals surface area contributed by atoms with Gasteiger partial charge in [0.25, 0.3) is 0 Å². The van der Waals surface area contributed by atoms with Crippen LogP contribution in [-0.4, -0.2) is 12.1 Å². The van der Waals surface area contributed by atoms with Crippen molar-refractivity contribution < 1.29 is 9.59 Å². The van der Waals surface area contributed by atoms with Crippen LogP contribution in [0, 0.1) is 0 Å². The fourth-order valence-corrected chi connectivity index (χ4v) is 1.18. The highest BCUT2D eigenvalue weighted by atomic mass is 16.2. The molecule has 0 heterocycles. The van der Waals surface area contributed by atoms with E-state index >= 15 is 0 Å². The van der Waals surface area contributed by atoms with Gasteiger partial charge in [0.15, 0.2) is 6.29 Å². The van der Waals surface area contributed by atoms with Crippen LogP contribution in [0.1, 0.15) is 19.4 Å². The number of benzene rings is 1. The Morgan fingerprint density at radius 2 is 1.71 bits per heavy atom. The third kappa shape index (κ3) is 2.16. The summed E-state index contributed by atoms with van der Waals surface area (Å²) in [5.74, 6) is -0.452. The molecule has 0 saturated heterocycles. The van der Waals surface area contributed by atoms with Crippen LogP contribution < -0.4 is 0 Å². The topological polar surface area (TPSA) is 34.1 Å². The summed E-state index contributed by atoms with van der Waals surface area (Å²) in [5, 5.41) is 0. The number of ketones is 1. The number of Topliss-reactive ketones (excluding diaryl/α,β-unsaturated/α-hetero) is 1. The first-order chi connectivity index (χ1) is 6.66. The number of rotatable bonds is 3. The first kappa shape index (κ1) is 10.4. The summed E-state index contributed by atoms with van der Waals surface area (Å²) >= 11 is 0. The Morgan fingerprint density at radius 3 is 2.21 bits per heavy atom. The zero-order chi connectivity index (χ0) is 10.6. The summed E-state index contributed by atoms with van der Waals surface area (Å²) < 4.78 is 0. The highest BCUT2D eigenvalue weighted by Gasteiger charge is 2.07. The van der Waals surface area contributed by atoms with Gasteiger partial charge in [-0.25, -0.2) is 0 Å². The van der Waals surface area contributed by atoms with Crippen molar-refractivity contribution in [2.45, 2.75) is 13.8 Å². The molecule has 2 nitrogen and oxygen atoms in total. The molecule has 14 heavy (non-hydrogen) atoms. The van der Waals surface area contributed by atoms with Crippen molar-refractivity contribution in [2.24, 2.45) is 0 Å². The lowest BCUT2D eigenvalue weighted by atomic mass is 10.0. The molecule has 1 rings (SSSR count). The average molecular weight is 188 g/mol. The van der Waals surface area contributed by atoms with Crippen LogP contribution in [0.5, 0.6) is 0 Å². The lowest BCUT2D eigenvalue weighted by Crippen LogP contribution is -2.02. The van der Waals surface area contributed by atoms with Gasteiger partial charge < -0.3 is 0 Å². The van der Waals surface area contributed by atoms with Crippen LogP contribution in [0.2, 0.25) is 0 Å². The minimum Gasteiger partial charge on any atom is -0.294 e. The maximum absolute atomic E-state index is 11.1. The molecule has 2 heteroatoms. The predicted octanol–water partition coefficient (Wildman–Crippen LogP) is 2.25. The molecule has 0 atom stereocenters. The highest BCUT2D eigenvalue weighted by Crippen LogP contribution is 2.17. The molecule has 0 N–H and O–H groups in total. The van der Waals surface area contributed by atoms with E-state index in [4.69, 9.17) is 0 Å². The second-order valence-corrected chi connectivity index (χ2v) is 3.10. The van der Waals surface area contributed by atoms with E-state index in [0.717, 1.165) is 11.1 Å². The molecular weight excluding hydrogens is 176 g/mol. The molecule has 0 saturated carbocycles. The van der Waals surface area contributed by atoms with Crippen LogP contribution in [-0.2, 0) is 9.59 Å². The Morgan fingerprint density at radius 1 is 1.14 bits per heavy atom. The summed E-state index contributed by atoms with van der Waals surface area (Å²) in [7, 11) is 0. The molecule has 0 unspecified atom stereocenters. The van der Waals surface area contributed by atoms with E-state index < -0.39 is 5.78 Å². The molecule has 0 aliphatic carbocycles. The SMILES string of the molecule is C/C(C(=O)C=O)=C(/C)c1ccccc1. The summed E-state index contributed by atoms with van der Waals surface area (Å²) in [6.45, 7) is 3.51. The van der Waals surface area contributed by atoms with Crippen molar-refractivity contribution in [3.63, 3.8) is 0 Å². The normalized spacial score (nSPS) is 11.9. The predicted molar refractivity (Wildman–Crippen MR) is 55.8 cm³/mol. The maximum atomic E-state index is 11.1. The molecule has 0 spiro atoms. The van der Waals surface area contributed by atoms with Crippen molar-refractivity contribution in [2.75, 3.05) is 0 Å². The van der Waals surface area contributed by atoms with E-state index in [1.165, 1.54) is 0 Å². The maximum Gasteiger partial charge on any atom is 0.221 e. The van der Waals surface area contributed by atoms with Crippen LogP contribution in [0.4, 0.5) is 0 Å². The van der Waals surface area contributed by atoms with E-state index in [1.54, 1.807) is 6.92 Å². The van der Waals surface area contributed by atoms with Gasteiger partial charge in [-0.2, -0.15) is 0 Å². The van der Waals surface area contributed by atoms with Gasteiger partial charge in [0.2, 0.25) is 5.78 Å². The van der Waals surface area contributed by atoms with Crippen LogP contribution in [0.25, 0.3) is 5.57 Å². The summed E-state index contributed by atoms with van der Waals surface area (Å²) in [5.41, 5.74) is 2.33. The number of hydrogen-bond acceptors (Lipinski definition) is 2. The van der Waals surface area contributed by atoms with E-state index in [0.29, 0.717) is 11.9 Å². The Balaban J connectivity index is 3.11. The van der Waals surface area contributed by atoms with Crippen molar-refractivity contribution in [3.8, 4) is 0 Å². The molecule has 0 aliphatic heterocycles. The number of hydrogen-bond donors (Lipinski definition) is 0. The number of carbonyl (C=O) groups is 2. The minimum atomic E-state index is -0.452. The van der Waals surface area contributed by atoms with Crippen molar-refractivity contribution in [1.82, 2.24) is 0 Å². The van der Waals surface area contributed by atoms with Crippen LogP contribution in [0.3, 0.4) is 0 Å². The number of carbonyl (C=O) groups excluding carboxylic acids is 2. The Hall–Kier alpha value is -1.70. The standard InChI is InChI=1S/C12H12O2/c1-9(10(2)12(14)8-13)11-6-4-3-5-7-11/h3-8H,1-2H3/b10-9+. The van der Waals surface area contributed by atoms with Gasteiger partial charge in [0.05, 0.1) is 0 Å². The van der Waals surface area contributed by atoms with Crippen molar-refractivity contribution >= 4 is 17.6 Å². The van der Waals surface area contributed by atoms with Gasteiger partial charge in [-0.05, 0) is 25.0 Å². The largest absolute Gasteiger partial charge is 0.294 e. The Bertz CT molecular complexity index is 375. The molecule has 1 aromatic carbocycles. The quantitative estimate of drug-likeness (QED) is 0.414. The van der Waals surface area contributed by atoms with Gasteiger partial charge in [-0.1, -0.05) is 30.3 Å². The van der Waals surface area contributed by atoms with Gasteiger partial charge in [0.1, 0.15) is 0 Å². The monoisotopic (exact) mass is 188 g/mol. The zero-order valence-corrected chi connectivity index (χ0v) is 8.28. The van der Waals surface area contributed by atoms with Gasteiger partial charge >= 0.3 is 0 Å². The first-order valence-corrected chi connectivity index (χ1v) is 4.39.